The van der Waals surface area contributed by atoms with Crippen LogP contribution in [0.2, 0.25) is 0 Å². The highest BCUT2D eigenvalue weighted by Crippen LogP contribution is 2.25. The molecular weight excluding hydrogens is 442 g/mol. The highest BCUT2D eigenvalue weighted by Gasteiger charge is 2.08. The molecule has 0 aliphatic heterocycles. The number of thioether (sulfide) groups is 1. The monoisotopic (exact) mass is 465 g/mol. The van der Waals surface area contributed by atoms with Crippen molar-refractivity contribution in [1.29, 1.82) is 0 Å². The minimum Gasteiger partial charge on any atom is -0.495 e. The molecule has 3 aromatic carbocycles. The van der Waals surface area contributed by atoms with Gasteiger partial charge >= 0.3 is 0 Å². The van der Waals surface area contributed by atoms with E-state index in [1.54, 1.807) is 43.5 Å². The zero-order chi connectivity index (χ0) is 22.9. The Morgan fingerprint density at radius 1 is 0.906 bits per heavy atom. The maximum Gasteiger partial charge on any atom is 0.234 e. The number of ether oxygens (including phenoxy) is 1. The lowest BCUT2D eigenvalue weighted by Gasteiger charge is -2.12. The van der Waals surface area contributed by atoms with Gasteiger partial charge in [0.25, 0.3) is 0 Å². The molecule has 0 aliphatic carbocycles. The van der Waals surface area contributed by atoms with Crippen molar-refractivity contribution in [3.8, 4) is 5.75 Å². The second-order valence-corrected chi connectivity index (χ2v) is 8.23. The zero-order valence-electron chi connectivity index (χ0n) is 17.7. The predicted octanol–water partition coefficient (Wildman–Crippen LogP) is 5.44. The Morgan fingerprint density at radius 2 is 1.62 bits per heavy atom. The Balaban J connectivity index is 1.52. The Kier molecular flexibility index (Phi) is 8.24. The molecule has 0 aromatic heterocycles. The summed E-state index contributed by atoms with van der Waals surface area (Å²) in [7, 11) is 1.57. The van der Waals surface area contributed by atoms with Crippen LogP contribution in [-0.2, 0) is 4.79 Å². The van der Waals surface area contributed by atoms with Crippen LogP contribution in [0.4, 0.5) is 17.1 Å². The maximum absolute atomic E-state index is 12.3. The molecule has 6 nitrogen and oxygen atoms in total. The molecule has 3 rings (SSSR count). The van der Waals surface area contributed by atoms with E-state index in [1.807, 2.05) is 36.4 Å². The molecule has 0 unspecified atom stereocenters. The molecule has 0 saturated heterocycles. The normalized spacial score (nSPS) is 10.2. The van der Waals surface area contributed by atoms with Gasteiger partial charge in [0, 0.05) is 21.8 Å². The van der Waals surface area contributed by atoms with Gasteiger partial charge in [0.1, 0.15) is 5.75 Å². The van der Waals surface area contributed by atoms with Gasteiger partial charge in [-0.3, -0.25) is 9.59 Å². The zero-order valence-corrected chi connectivity index (χ0v) is 19.3. The van der Waals surface area contributed by atoms with Crippen molar-refractivity contribution in [3.05, 3.63) is 78.4 Å². The number of para-hydroxylation sites is 2. The molecule has 0 fully saturated rings. The van der Waals surface area contributed by atoms with Gasteiger partial charge in [-0.2, -0.15) is 0 Å². The van der Waals surface area contributed by atoms with Gasteiger partial charge in [0.15, 0.2) is 10.9 Å². The van der Waals surface area contributed by atoms with Crippen LogP contribution in [0.1, 0.15) is 17.3 Å². The number of ketones is 1. The molecule has 0 radical (unpaired) electrons. The van der Waals surface area contributed by atoms with E-state index in [2.05, 4.69) is 16.0 Å². The van der Waals surface area contributed by atoms with E-state index in [0.29, 0.717) is 22.1 Å². The first-order valence-electron chi connectivity index (χ1n) is 9.79. The molecule has 1 amide bonds. The molecule has 0 aliphatic rings. The SMILES string of the molecule is COc1ccccc1NC(=O)CSc1cccc(NC(=S)Nc2ccc(C(C)=O)cc2)c1. The number of amides is 1. The van der Waals surface area contributed by atoms with Crippen LogP contribution >= 0.6 is 24.0 Å². The molecule has 8 heteroatoms. The molecule has 164 valence electrons. The van der Waals surface area contributed by atoms with Crippen molar-refractivity contribution >= 4 is 57.8 Å². The lowest BCUT2D eigenvalue weighted by atomic mass is 10.1. The first kappa shape index (κ1) is 23.3. The Labute approximate surface area is 196 Å². The third-order valence-electron chi connectivity index (χ3n) is 4.39. The van der Waals surface area contributed by atoms with Crippen LogP contribution in [0.15, 0.2) is 77.7 Å². The molecule has 0 spiro atoms. The van der Waals surface area contributed by atoms with Gasteiger partial charge in [0.2, 0.25) is 5.91 Å². The Hall–Kier alpha value is -3.36. The van der Waals surface area contributed by atoms with E-state index >= 15 is 0 Å². The first-order valence-corrected chi connectivity index (χ1v) is 11.2. The summed E-state index contributed by atoms with van der Waals surface area (Å²) < 4.78 is 5.26. The van der Waals surface area contributed by atoms with E-state index in [9.17, 15) is 9.59 Å². The van der Waals surface area contributed by atoms with Gasteiger partial charge in [-0.1, -0.05) is 18.2 Å². The molecule has 32 heavy (non-hydrogen) atoms. The number of nitrogens with one attached hydrogen (secondary N) is 3. The fourth-order valence-electron chi connectivity index (χ4n) is 2.83. The number of carbonyl (C=O) groups excluding carboxylic acids is 2. The van der Waals surface area contributed by atoms with Crippen molar-refractivity contribution in [2.45, 2.75) is 11.8 Å². The highest BCUT2D eigenvalue weighted by atomic mass is 32.2. The van der Waals surface area contributed by atoms with Crippen LogP contribution < -0.4 is 20.7 Å². The van der Waals surface area contributed by atoms with E-state index < -0.39 is 0 Å². The lowest BCUT2D eigenvalue weighted by Crippen LogP contribution is -2.19. The van der Waals surface area contributed by atoms with Crippen molar-refractivity contribution < 1.29 is 14.3 Å². The van der Waals surface area contributed by atoms with E-state index in [-0.39, 0.29) is 17.4 Å². The first-order chi connectivity index (χ1) is 15.4. The number of hydrogen-bond acceptors (Lipinski definition) is 5. The molecule has 0 bridgehead atoms. The highest BCUT2D eigenvalue weighted by molar-refractivity contribution is 8.00. The minimum absolute atomic E-state index is 0.0168. The predicted molar refractivity (Wildman–Crippen MR) is 135 cm³/mol. The molecule has 0 saturated carbocycles. The van der Waals surface area contributed by atoms with Crippen molar-refractivity contribution in [1.82, 2.24) is 0 Å². The van der Waals surface area contributed by atoms with Gasteiger partial charge in [0.05, 0.1) is 18.6 Å². The summed E-state index contributed by atoms with van der Waals surface area (Å²) in [6.45, 7) is 1.53. The molecule has 3 N–H and O–H groups in total. The second kappa shape index (κ2) is 11.3. The number of benzene rings is 3. The minimum atomic E-state index is -0.121. The van der Waals surface area contributed by atoms with Crippen LogP contribution in [0.3, 0.4) is 0 Å². The van der Waals surface area contributed by atoms with E-state index in [4.69, 9.17) is 17.0 Å². The lowest BCUT2D eigenvalue weighted by molar-refractivity contribution is -0.113. The van der Waals surface area contributed by atoms with Crippen LogP contribution in [0.5, 0.6) is 5.75 Å². The number of hydrogen-bond donors (Lipinski definition) is 3. The average molecular weight is 466 g/mol. The summed E-state index contributed by atoms with van der Waals surface area (Å²) in [5, 5.41) is 9.52. The third kappa shape index (κ3) is 6.83. The number of carbonyl (C=O) groups is 2. The molecule has 0 heterocycles. The van der Waals surface area contributed by atoms with E-state index in [0.717, 1.165) is 16.3 Å². The third-order valence-corrected chi connectivity index (χ3v) is 5.59. The van der Waals surface area contributed by atoms with Gasteiger partial charge < -0.3 is 20.7 Å². The smallest absolute Gasteiger partial charge is 0.234 e. The van der Waals surface area contributed by atoms with Gasteiger partial charge in [-0.05, 0) is 73.7 Å². The fraction of sp³-hybridized carbons (Fsp3) is 0.125. The number of Topliss-reactive ketones (excluding diaryl/α,β-unsaturated/α-hetero) is 1. The summed E-state index contributed by atoms with van der Waals surface area (Å²) in [6.07, 6.45) is 0. The van der Waals surface area contributed by atoms with Crippen LogP contribution in [0, 0.1) is 0 Å². The Morgan fingerprint density at radius 3 is 2.34 bits per heavy atom. The van der Waals surface area contributed by atoms with Crippen molar-refractivity contribution in [3.63, 3.8) is 0 Å². The van der Waals surface area contributed by atoms with E-state index in [1.165, 1.54) is 18.7 Å². The summed E-state index contributed by atoms with van der Waals surface area (Å²) in [6, 6.07) is 22.0. The number of anilines is 3. The average Bonchev–Trinajstić information content (AvgIpc) is 2.78. The summed E-state index contributed by atoms with van der Waals surface area (Å²) >= 11 is 6.80. The molecule has 0 atom stereocenters. The van der Waals surface area contributed by atoms with Gasteiger partial charge in [-0.25, -0.2) is 0 Å². The number of thiocarbonyl (C=S) groups is 1. The van der Waals surface area contributed by atoms with Gasteiger partial charge in [-0.15, -0.1) is 11.8 Å². The Bertz CT molecular complexity index is 1120. The number of methoxy groups -OCH3 is 1. The van der Waals surface area contributed by atoms with Crippen LogP contribution in [-0.4, -0.2) is 29.7 Å². The van der Waals surface area contributed by atoms with Crippen LogP contribution in [0.25, 0.3) is 0 Å². The molecule has 3 aromatic rings. The van der Waals surface area contributed by atoms with Crippen molar-refractivity contribution in [2.75, 3.05) is 28.8 Å². The quantitative estimate of drug-likeness (QED) is 0.232. The summed E-state index contributed by atoms with van der Waals surface area (Å²) in [5.74, 6) is 0.772. The molecular formula is C24H23N3O3S2. The number of rotatable bonds is 8. The summed E-state index contributed by atoms with van der Waals surface area (Å²) in [4.78, 5) is 24.6. The second-order valence-electron chi connectivity index (χ2n) is 6.78. The van der Waals surface area contributed by atoms with Crippen molar-refractivity contribution in [2.24, 2.45) is 0 Å². The standard InChI is InChI=1S/C24H23N3O3S2/c1-16(28)17-10-12-18(13-11-17)25-24(31)26-19-6-5-7-20(14-19)32-15-23(29)27-21-8-3-4-9-22(21)30-2/h3-14H,15H2,1-2H3,(H,27,29)(H2,25,26,31). The maximum atomic E-state index is 12.3. The fourth-order valence-corrected chi connectivity index (χ4v) is 3.82. The summed E-state index contributed by atoms with van der Waals surface area (Å²) in [5.41, 5.74) is 2.88. The largest absolute Gasteiger partial charge is 0.495 e. The topological polar surface area (TPSA) is 79.5 Å².